The van der Waals surface area contributed by atoms with Crippen LogP contribution in [0.3, 0.4) is 0 Å². The molecule has 0 saturated carbocycles. The summed E-state index contributed by atoms with van der Waals surface area (Å²) in [7, 11) is 0. The second-order valence-electron chi connectivity index (χ2n) is 5.41. The molecule has 0 heterocycles. The van der Waals surface area contributed by atoms with E-state index in [0.29, 0.717) is 12.5 Å². The maximum absolute atomic E-state index is 10.7. The highest BCUT2D eigenvalue weighted by atomic mass is 127. The smallest absolute Gasteiger partial charge is 0.270 e. The van der Waals surface area contributed by atoms with Crippen LogP contribution in [0.4, 0.5) is 11.4 Å². The lowest BCUT2D eigenvalue weighted by Crippen LogP contribution is -2.43. The van der Waals surface area contributed by atoms with Crippen LogP contribution in [0, 0.1) is 19.6 Å². The summed E-state index contributed by atoms with van der Waals surface area (Å²) in [5.74, 6) is 0.525. The molecular weight excluding hydrogens is 357 g/mol. The summed E-state index contributed by atoms with van der Waals surface area (Å²) >= 11 is 2.10. The number of nitrogens with two attached hydrogens (primary N) is 1. The zero-order valence-electron chi connectivity index (χ0n) is 11.4. The lowest BCUT2D eigenvalue weighted by Gasteiger charge is -2.32. The first kappa shape index (κ1) is 16.2. The Labute approximate surface area is 127 Å². The van der Waals surface area contributed by atoms with Gasteiger partial charge >= 0.3 is 0 Å². The van der Waals surface area contributed by atoms with Gasteiger partial charge in [0.15, 0.2) is 0 Å². The summed E-state index contributed by atoms with van der Waals surface area (Å²) in [5, 5.41) is 14.1. The van der Waals surface area contributed by atoms with Gasteiger partial charge in [-0.3, -0.25) is 10.1 Å². The molecule has 0 spiro atoms. The van der Waals surface area contributed by atoms with Crippen LogP contribution in [0.5, 0.6) is 0 Å². The van der Waals surface area contributed by atoms with Crippen molar-refractivity contribution < 1.29 is 4.92 Å². The van der Waals surface area contributed by atoms with Crippen molar-refractivity contribution in [2.75, 3.05) is 11.9 Å². The van der Waals surface area contributed by atoms with E-state index >= 15 is 0 Å². The molecule has 0 radical (unpaired) electrons. The van der Waals surface area contributed by atoms with Gasteiger partial charge in [0, 0.05) is 33.5 Å². The molecule has 0 bridgehead atoms. The average molecular weight is 377 g/mol. The molecule has 0 amide bonds. The number of nitrogens with zero attached hydrogens (tertiary/aromatic N) is 1. The van der Waals surface area contributed by atoms with Gasteiger partial charge in [-0.1, -0.05) is 13.8 Å². The molecule has 19 heavy (non-hydrogen) atoms. The van der Waals surface area contributed by atoms with Gasteiger partial charge in [-0.15, -0.1) is 0 Å². The number of benzene rings is 1. The zero-order valence-corrected chi connectivity index (χ0v) is 13.6. The SMILES string of the molecule is CC(C)CC(C)(CN)Nc1ccc([N+](=O)[O-])cc1I. The Morgan fingerprint density at radius 2 is 2.16 bits per heavy atom. The van der Waals surface area contributed by atoms with Crippen molar-refractivity contribution in [3.8, 4) is 0 Å². The van der Waals surface area contributed by atoms with Crippen molar-refractivity contribution in [3.05, 3.63) is 31.9 Å². The van der Waals surface area contributed by atoms with Crippen LogP contribution in [0.2, 0.25) is 0 Å². The molecule has 3 N–H and O–H groups in total. The van der Waals surface area contributed by atoms with E-state index in [1.165, 1.54) is 6.07 Å². The summed E-state index contributed by atoms with van der Waals surface area (Å²) in [6.07, 6.45) is 0.941. The molecule has 0 aliphatic heterocycles. The molecule has 1 atom stereocenters. The molecule has 0 saturated heterocycles. The molecule has 0 aliphatic carbocycles. The van der Waals surface area contributed by atoms with Crippen LogP contribution in [0.1, 0.15) is 27.2 Å². The van der Waals surface area contributed by atoms with Crippen molar-refractivity contribution >= 4 is 34.0 Å². The van der Waals surface area contributed by atoms with Gasteiger partial charge in [-0.25, -0.2) is 0 Å². The van der Waals surface area contributed by atoms with Crippen molar-refractivity contribution in [3.63, 3.8) is 0 Å². The number of nitrogens with one attached hydrogen (secondary N) is 1. The van der Waals surface area contributed by atoms with Crippen molar-refractivity contribution in [1.29, 1.82) is 0 Å². The number of halogens is 1. The third-order valence-corrected chi connectivity index (χ3v) is 3.80. The molecule has 1 aromatic rings. The Morgan fingerprint density at radius 1 is 1.53 bits per heavy atom. The molecule has 106 valence electrons. The maximum Gasteiger partial charge on any atom is 0.270 e. The van der Waals surface area contributed by atoms with Gasteiger partial charge in [0.1, 0.15) is 0 Å². The first-order valence-electron chi connectivity index (χ1n) is 6.19. The summed E-state index contributed by atoms with van der Waals surface area (Å²) < 4.78 is 0.829. The van der Waals surface area contributed by atoms with E-state index < -0.39 is 0 Å². The molecule has 0 aromatic heterocycles. The highest BCUT2D eigenvalue weighted by Crippen LogP contribution is 2.28. The quantitative estimate of drug-likeness (QED) is 0.453. The molecule has 1 aromatic carbocycles. The van der Waals surface area contributed by atoms with Crippen LogP contribution in [-0.2, 0) is 0 Å². The number of anilines is 1. The number of hydrogen-bond acceptors (Lipinski definition) is 4. The monoisotopic (exact) mass is 377 g/mol. The predicted octanol–water partition coefficient (Wildman–Crippen LogP) is 3.37. The van der Waals surface area contributed by atoms with Crippen LogP contribution in [0.25, 0.3) is 0 Å². The van der Waals surface area contributed by atoms with Gasteiger partial charge < -0.3 is 11.1 Å². The second kappa shape index (κ2) is 6.51. The minimum Gasteiger partial charge on any atom is -0.378 e. The Bertz CT molecular complexity index is 465. The fourth-order valence-electron chi connectivity index (χ4n) is 2.13. The van der Waals surface area contributed by atoms with Gasteiger partial charge in [-0.2, -0.15) is 0 Å². The van der Waals surface area contributed by atoms with E-state index in [0.717, 1.165) is 15.7 Å². The second-order valence-corrected chi connectivity index (χ2v) is 6.57. The third kappa shape index (κ3) is 4.61. The lowest BCUT2D eigenvalue weighted by molar-refractivity contribution is -0.384. The highest BCUT2D eigenvalue weighted by Gasteiger charge is 2.24. The molecule has 5 nitrogen and oxygen atoms in total. The Balaban J connectivity index is 2.95. The third-order valence-electron chi connectivity index (χ3n) is 2.91. The molecule has 1 unspecified atom stereocenters. The number of nitro benzene ring substituents is 1. The zero-order chi connectivity index (χ0) is 14.6. The van der Waals surface area contributed by atoms with Gasteiger partial charge in [0.05, 0.1) is 4.92 Å². The van der Waals surface area contributed by atoms with E-state index in [4.69, 9.17) is 5.73 Å². The number of nitro groups is 1. The lowest BCUT2D eigenvalue weighted by atomic mass is 9.90. The summed E-state index contributed by atoms with van der Waals surface area (Å²) in [6.45, 7) is 6.88. The van der Waals surface area contributed by atoms with Gasteiger partial charge in [0.2, 0.25) is 0 Å². The topological polar surface area (TPSA) is 81.2 Å². The minimum absolute atomic E-state index is 0.105. The van der Waals surface area contributed by atoms with Crippen molar-refractivity contribution in [2.45, 2.75) is 32.7 Å². The standard InChI is InChI=1S/C13H20IN3O2/c1-9(2)7-13(3,8-15)16-12-5-4-10(17(18)19)6-11(12)14/h4-6,9,16H,7-8,15H2,1-3H3. The number of non-ortho nitro benzene ring substituents is 1. The first-order chi connectivity index (χ1) is 8.77. The largest absolute Gasteiger partial charge is 0.378 e. The summed E-state index contributed by atoms with van der Waals surface area (Å²) in [6, 6.07) is 4.82. The van der Waals surface area contributed by atoms with Gasteiger partial charge in [-0.05, 0) is 47.9 Å². The maximum atomic E-state index is 10.7. The predicted molar refractivity (Wildman–Crippen MR) is 86.4 cm³/mol. The summed E-state index contributed by atoms with van der Waals surface area (Å²) in [5.41, 5.74) is 6.65. The van der Waals surface area contributed by atoms with Gasteiger partial charge in [0.25, 0.3) is 5.69 Å². The normalized spacial score (nSPS) is 14.2. The van der Waals surface area contributed by atoms with E-state index in [-0.39, 0.29) is 16.1 Å². The molecule has 6 heteroatoms. The molecule has 0 aliphatic rings. The average Bonchev–Trinajstić information content (AvgIpc) is 2.30. The molecular formula is C13H20IN3O2. The number of rotatable bonds is 6. The van der Waals surface area contributed by atoms with Crippen LogP contribution < -0.4 is 11.1 Å². The fourth-order valence-corrected chi connectivity index (χ4v) is 2.76. The number of hydrogen-bond donors (Lipinski definition) is 2. The van der Waals surface area contributed by atoms with E-state index in [1.807, 2.05) is 0 Å². The highest BCUT2D eigenvalue weighted by molar-refractivity contribution is 14.1. The molecule has 1 rings (SSSR count). The Kier molecular flexibility index (Phi) is 5.54. The van der Waals surface area contributed by atoms with Crippen molar-refractivity contribution in [1.82, 2.24) is 0 Å². The Morgan fingerprint density at radius 3 is 2.58 bits per heavy atom. The fraction of sp³-hybridized carbons (Fsp3) is 0.538. The van der Waals surface area contributed by atoms with E-state index in [9.17, 15) is 10.1 Å². The van der Waals surface area contributed by atoms with Crippen molar-refractivity contribution in [2.24, 2.45) is 11.7 Å². The Hall–Kier alpha value is -0.890. The van der Waals surface area contributed by atoms with E-state index in [1.54, 1.807) is 12.1 Å². The first-order valence-corrected chi connectivity index (χ1v) is 7.27. The molecule has 0 fully saturated rings. The summed E-state index contributed by atoms with van der Waals surface area (Å²) in [4.78, 5) is 10.3. The van der Waals surface area contributed by atoms with Crippen LogP contribution >= 0.6 is 22.6 Å². The van der Waals surface area contributed by atoms with E-state index in [2.05, 4.69) is 48.7 Å². The van der Waals surface area contributed by atoms with Crippen LogP contribution in [-0.4, -0.2) is 17.0 Å². The minimum atomic E-state index is -0.387. The van der Waals surface area contributed by atoms with Crippen LogP contribution in [0.15, 0.2) is 18.2 Å².